The van der Waals surface area contributed by atoms with Gasteiger partial charge in [-0.2, -0.15) is 11.8 Å². The van der Waals surface area contributed by atoms with Gasteiger partial charge in [0.2, 0.25) is 0 Å². The first-order valence-corrected chi connectivity index (χ1v) is 15.6. The lowest BCUT2D eigenvalue weighted by atomic mass is 10.2. The highest BCUT2D eigenvalue weighted by Gasteiger charge is 2.14. The highest BCUT2D eigenvalue weighted by molar-refractivity contribution is 7.99. The van der Waals surface area contributed by atoms with Gasteiger partial charge < -0.3 is 20.0 Å². The van der Waals surface area contributed by atoms with E-state index in [9.17, 15) is 10.2 Å². The quantitative estimate of drug-likeness (QED) is 0.374. The third-order valence-electron chi connectivity index (χ3n) is 7.85. The lowest BCUT2D eigenvalue weighted by Gasteiger charge is -2.27. The summed E-state index contributed by atoms with van der Waals surface area (Å²) in [6, 6.07) is 19.4. The zero-order valence-electron chi connectivity index (χ0n) is 24.2. The van der Waals surface area contributed by atoms with E-state index in [1.165, 1.54) is 0 Å². The maximum absolute atomic E-state index is 10.3. The van der Waals surface area contributed by atoms with Crippen LogP contribution in [0, 0.1) is 0 Å². The monoisotopic (exact) mass is 574 g/mol. The molecule has 1 fully saturated rings. The van der Waals surface area contributed by atoms with Crippen LogP contribution >= 0.6 is 11.8 Å². The summed E-state index contributed by atoms with van der Waals surface area (Å²) in [6.07, 6.45) is 0. The second-order valence-electron chi connectivity index (χ2n) is 11.1. The van der Waals surface area contributed by atoms with Crippen molar-refractivity contribution in [2.24, 2.45) is 0 Å². The molecule has 218 valence electrons. The van der Waals surface area contributed by atoms with Crippen LogP contribution in [0.3, 0.4) is 0 Å². The largest absolute Gasteiger partial charge is 0.506 e. The third-order valence-corrected chi connectivity index (χ3v) is 8.79. The smallest absolute Gasteiger partial charge is 0.141 e. The van der Waals surface area contributed by atoms with Crippen molar-refractivity contribution in [3.05, 3.63) is 72.1 Å². The minimum atomic E-state index is 0.237. The molecule has 0 amide bonds. The Morgan fingerprint density at radius 3 is 1.49 bits per heavy atom. The molecule has 2 aromatic heterocycles. The van der Waals surface area contributed by atoms with Gasteiger partial charge in [-0.05, 0) is 38.4 Å². The fraction of sp³-hybridized carbons (Fsp3) is 0.438. The Balaban J connectivity index is 1.23. The van der Waals surface area contributed by atoms with Crippen molar-refractivity contribution in [1.82, 2.24) is 29.6 Å². The van der Waals surface area contributed by atoms with Crippen molar-refractivity contribution in [1.29, 1.82) is 0 Å². The van der Waals surface area contributed by atoms with E-state index in [2.05, 4.69) is 58.0 Å². The van der Waals surface area contributed by atoms with Crippen molar-refractivity contribution in [3.63, 3.8) is 0 Å². The van der Waals surface area contributed by atoms with Crippen molar-refractivity contribution >= 4 is 33.6 Å². The van der Waals surface area contributed by atoms with E-state index in [0.29, 0.717) is 11.0 Å². The first-order chi connectivity index (χ1) is 19.9. The summed E-state index contributed by atoms with van der Waals surface area (Å²) in [5, 5.41) is 22.5. The molecule has 0 saturated carbocycles. The normalized spacial score (nSPS) is 18.4. The van der Waals surface area contributed by atoms with Crippen LogP contribution < -0.4 is 0 Å². The Morgan fingerprint density at radius 1 is 0.585 bits per heavy atom. The SMILES string of the molecule is CN1CCN(C)CCN(Cc2ccc3cccc(O)c3n2)CCSCCN(Cc2ccc3cccc(O)c3n2)CC1. The van der Waals surface area contributed by atoms with Crippen molar-refractivity contribution in [2.75, 3.05) is 78.0 Å². The number of benzene rings is 2. The average molecular weight is 575 g/mol. The number of hydrogen-bond donors (Lipinski definition) is 2. The van der Waals surface area contributed by atoms with Gasteiger partial charge in [0, 0.05) is 87.7 Å². The Labute approximate surface area is 247 Å². The van der Waals surface area contributed by atoms with Gasteiger partial charge in [0.15, 0.2) is 0 Å². The first-order valence-electron chi connectivity index (χ1n) is 14.5. The second-order valence-corrected chi connectivity index (χ2v) is 12.3. The van der Waals surface area contributed by atoms with Crippen molar-refractivity contribution < 1.29 is 10.2 Å². The maximum Gasteiger partial charge on any atom is 0.141 e. The number of pyridine rings is 2. The molecular weight excluding hydrogens is 532 g/mol. The molecule has 5 rings (SSSR count). The molecular formula is C32H42N6O2S. The molecule has 0 bridgehead atoms. The minimum Gasteiger partial charge on any atom is -0.506 e. The van der Waals surface area contributed by atoms with E-state index in [0.717, 1.165) is 99.1 Å². The van der Waals surface area contributed by atoms with E-state index in [-0.39, 0.29) is 11.5 Å². The van der Waals surface area contributed by atoms with Crippen LogP contribution in [0.1, 0.15) is 11.4 Å². The standard InChI is InChI=1S/C32H42N6O2S/c1-35-13-14-36(2)16-18-38(24-28-12-10-26-6-4-8-30(40)32(26)34-28)20-22-41-21-19-37(17-15-35)23-27-11-9-25-5-3-7-29(39)31(25)33-27/h3-12,39-40H,13-24H2,1-2H3. The Morgan fingerprint density at radius 2 is 1.02 bits per heavy atom. The highest BCUT2D eigenvalue weighted by atomic mass is 32.2. The number of para-hydroxylation sites is 2. The lowest BCUT2D eigenvalue weighted by molar-refractivity contribution is 0.193. The number of phenolic OH excluding ortho intramolecular Hbond substituents is 2. The summed E-state index contributed by atoms with van der Waals surface area (Å²) >= 11 is 1.99. The molecule has 41 heavy (non-hydrogen) atoms. The molecule has 0 aliphatic carbocycles. The number of phenols is 2. The molecule has 2 aromatic carbocycles. The minimum absolute atomic E-state index is 0.237. The van der Waals surface area contributed by atoms with Crippen LogP contribution in [-0.2, 0) is 13.1 Å². The fourth-order valence-electron chi connectivity index (χ4n) is 5.20. The average Bonchev–Trinajstić information content (AvgIpc) is 2.98. The number of hydrogen-bond acceptors (Lipinski definition) is 9. The summed E-state index contributed by atoms with van der Waals surface area (Å²) in [5.41, 5.74) is 3.33. The van der Waals surface area contributed by atoms with Crippen LogP contribution in [-0.4, -0.2) is 118 Å². The lowest BCUT2D eigenvalue weighted by Crippen LogP contribution is -2.39. The zero-order valence-corrected chi connectivity index (χ0v) is 25.1. The molecule has 1 aliphatic heterocycles. The molecule has 0 unspecified atom stereocenters. The van der Waals surface area contributed by atoms with Gasteiger partial charge in [-0.1, -0.05) is 36.4 Å². The number of fused-ring (bicyclic) bond motifs is 2. The summed E-state index contributed by atoms with van der Waals surface area (Å²) < 4.78 is 0. The number of aromatic hydroxyl groups is 2. The molecule has 3 heterocycles. The molecule has 4 aromatic rings. The Kier molecular flexibility index (Phi) is 10.3. The molecule has 0 radical (unpaired) electrons. The van der Waals surface area contributed by atoms with Gasteiger partial charge >= 0.3 is 0 Å². The maximum atomic E-state index is 10.3. The zero-order chi connectivity index (χ0) is 28.6. The Hall–Kier alpha value is -2.95. The van der Waals surface area contributed by atoms with Gasteiger partial charge in [0.1, 0.15) is 22.5 Å². The van der Waals surface area contributed by atoms with Crippen LogP contribution in [0.2, 0.25) is 0 Å². The van der Waals surface area contributed by atoms with Crippen molar-refractivity contribution in [2.45, 2.75) is 13.1 Å². The topological polar surface area (TPSA) is 79.2 Å². The number of rotatable bonds is 4. The van der Waals surface area contributed by atoms with Gasteiger partial charge in [-0.3, -0.25) is 9.80 Å². The molecule has 9 heteroatoms. The van der Waals surface area contributed by atoms with Gasteiger partial charge in [0.25, 0.3) is 0 Å². The Bertz CT molecular complexity index is 1330. The molecule has 0 atom stereocenters. The molecule has 0 spiro atoms. The summed E-state index contributed by atoms with van der Waals surface area (Å²) in [5.74, 6) is 2.58. The number of nitrogens with zero attached hydrogens (tertiary/aromatic N) is 6. The second kappa shape index (κ2) is 14.3. The molecule has 1 saturated heterocycles. The van der Waals surface area contributed by atoms with E-state index in [4.69, 9.17) is 9.97 Å². The number of thioether (sulfide) groups is 1. The highest BCUT2D eigenvalue weighted by Crippen LogP contribution is 2.24. The summed E-state index contributed by atoms with van der Waals surface area (Å²) in [6.45, 7) is 9.53. The van der Waals surface area contributed by atoms with E-state index < -0.39 is 0 Å². The van der Waals surface area contributed by atoms with E-state index in [1.807, 2.05) is 36.0 Å². The van der Waals surface area contributed by atoms with E-state index in [1.54, 1.807) is 12.1 Å². The van der Waals surface area contributed by atoms with Gasteiger partial charge in [-0.15, -0.1) is 0 Å². The van der Waals surface area contributed by atoms with Crippen LogP contribution in [0.4, 0.5) is 0 Å². The van der Waals surface area contributed by atoms with Crippen molar-refractivity contribution in [3.8, 4) is 11.5 Å². The van der Waals surface area contributed by atoms with Gasteiger partial charge in [0.05, 0.1) is 11.4 Å². The molecule has 1 aliphatic rings. The van der Waals surface area contributed by atoms with Gasteiger partial charge in [-0.25, -0.2) is 9.97 Å². The fourth-order valence-corrected chi connectivity index (χ4v) is 6.18. The first kappa shape index (κ1) is 29.5. The van der Waals surface area contributed by atoms with Crippen LogP contribution in [0.5, 0.6) is 11.5 Å². The summed E-state index contributed by atoms with van der Waals surface area (Å²) in [4.78, 5) is 19.4. The third kappa shape index (κ3) is 8.30. The molecule has 2 N–H and O–H groups in total. The van der Waals surface area contributed by atoms with Crippen LogP contribution in [0.15, 0.2) is 60.7 Å². The van der Waals surface area contributed by atoms with Crippen LogP contribution in [0.25, 0.3) is 21.8 Å². The molecule has 8 nitrogen and oxygen atoms in total. The predicted molar refractivity (Wildman–Crippen MR) is 170 cm³/mol. The predicted octanol–water partition coefficient (Wildman–Crippen LogP) is 4.11. The summed E-state index contributed by atoms with van der Waals surface area (Å²) in [7, 11) is 4.41. The number of aromatic nitrogens is 2. The van der Waals surface area contributed by atoms with E-state index >= 15 is 0 Å². The number of likely N-dealkylation sites (N-methyl/N-ethyl adjacent to an activating group) is 2.